The van der Waals surface area contributed by atoms with Gasteiger partial charge in [-0.15, -0.1) is 0 Å². The number of fused-ring (bicyclic) bond motifs is 1. The van der Waals surface area contributed by atoms with Crippen LogP contribution in [0.25, 0.3) is 0 Å². The molecule has 1 unspecified atom stereocenters. The lowest BCUT2D eigenvalue weighted by Gasteiger charge is -2.23. The Balaban J connectivity index is 1.57. The van der Waals surface area contributed by atoms with Gasteiger partial charge in [0.15, 0.2) is 4.77 Å². The van der Waals surface area contributed by atoms with Crippen LogP contribution < -0.4 is 0 Å². The summed E-state index contributed by atoms with van der Waals surface area (Å²) in [5, 5.41) is 0. The lowest BCUT2D eigenvalue weighted by atomic mass is 9.93. The van der Waals surface area contributed by atoms with Gasteiger partial charge in [-0.3, -0.25) is 4.79 Å². The topological polar surface area (TPSA) is 50.3 Å². The van der Waals surface area contributed by atoms with Gasteiger partial charge in [-0.05, 0) is 43.6 Å². The summed E-state index contributed by atoms with van der Waals surface area (Å²) in [5.41, 5.74) is 2.13. The summed E-state index contributed by atoms with van der Waals surface area (Å²) in [6.07, 6.45) is 1.47. The Labute approximate surface area is 167 Å². The van der Waals surface area contributed by atoms with Gasteiger partial charge in [-0.1, -0.05) is 6.07 Å². The van der Waals surface area contributed by atoms with Crippen LogP contribution in [0, 0.1) is 23.3 Å². The fourth-order valence-electron chi connectivity index (χ4n) is 4.20. The van der Waals surface area contributed by atoms with Crippen molar-refractivity contribution in [3.63, 3.8) is 0 Å². The van der Waals surface area contributed by atoms with Crippen molar-refractivity contribution in [3.8, 4) is 0 Å². The molecule has 0 spiro atoms. The van der Waals surface area contributed by atoms with E-state index in [-0.39, 0.29) is 29.9 Å². The van der Waals surface area contributed by atoms with Gasteiger partial charge >= 0.3 is 0 Å². The highest BCUT2D eigenvalue weighted by molar-refractivity contribution is 7.71. The maximum Gasteiger partial charge on any atom is 0.228 e. The first-order valence-electron chi connectivity index (χ1n) is 9.45. The van der Waals surface area contributed by atoms with Crippen LogP contribution in [0.1, 0.15) is 34.9 Å². The average Bonchev–Trinajstić information content (AvgIpc) is 3.38. The minimum Gasteiger partial charge on any atom is -0.379 e. The molecule has 0 bridgehead atoms. The summed E-state index contributed by atoms with van der Waals surface area (Å²) in [4.78, 5) is 17.5. The van der Waals surface area contributed by atoms with E-state index >= 15 is 0 Å². The summed E-state index contributed by atoms with van der Waals surface area (Å²) in [6.45, 7) is 3.26. The Morgan fingerprint density at radius 3 is 2.93 bits per heavy atom. The molecule has 1 fully saturated rings. The zero-order valence-corrected chi connectivity index (χ0v) is 16.7. The van der Waals surface area contributed by atoms with Crippen molar-refractivity contribution in [2.45, 2.75) is 44.7 Å². The molecule has 1 saturated heterocycles. The Kier molecular flexibility index (Phi) is 5.09. The number of aryl methyl sites for hydroxylation is 1. The van der Waals surface area contributed by atoms with E-state index in [1.54, 1.807) is 18.9 Å². The zero-order valence-electron chi connectivity index (χ0n) is 15.9. The van der Waals surface area contributed by atoms with Crippen LogP contribution in [0.2, 0.25) is 0 Å². The van der Waals surface area contributed by atoms with Gasteiger partial charge in [-0.25, -0.2) is 8.78 Å². The number of aromatic amines is 1. The molecule has 1 aromatic heterocycles. The highest BCUT2D eigenvalue weighted by atomic mass is 32.1. The molecular weight excluding hydrogens is 384 g/mol. The van der Waals surface area contributed by atoms with Gasteiger partial charge in [0.25, 0.3) is 0 Å². The number of nitrogens with zero attached hydrogens (tertiary/aromatic N) is 2. The standard InChI is InChI=1S/C20H23F2N3O2S/c1-11-3-4-14(21)18(19(11)22)12-7-16-15(23-20(28)25(16)9-12)8-17(26)24(2)13-5-6-27-10-13/h3-4,12-13H,5-10H2,1-2H3,(H,23,28)/t12-,13?/m0/s1. The van der Waals surface area contributed by atoms with E-state index in [1.807, 2.05) is 4.57 Å². The molecule has 1 N–H and O–H groups in total. The molecule has 4 rings (SSSR count). The van der Waals surface area contributed by atoms with Gasteiger partial charge < -0.3 is 19.2 Å². The Morgan fingerprint density at radius 2 is 2.21 bits per heavy atom. The smallest absolute Gasteiger partial charge is 0.228 e. The minimum atomic E-state index is -0.535. The lowest BCUT2D eigenvalue weighted by Crippen LogP contribution is -2.38. The first-order chi connectivity index (χ1) is 13.4. The van der Waals surface area contributed by atoms with Crippen LogP contribution in [0.4, 0.5) is 8.78 Å². The third kappa shape index (κ3) is 3.28. The molecule has 150 valence electrons. The molecule has 3 heterocycles. The summed E-state index contributed by atoms with van der Waals surface area (Å²) in [6, 6.07) is 2.85. The molecule has 2 aliphatic heterocycles. The molecule has 1 aromatic carbocycles. The number of H-pyrrole nitrogens is 1. The van der Waals surface area contributed by atoms with Crippen LogP contribution in [-0.4, -0.2) is 46.7 Å². The van der Waals surface area contributed by atoms with Crippen molar-refractivity contribution in [2.24, 2.45) is 0 Å². The highest BCUT2D eigenvalue weighted by Gasteiger charge is 2.32. The van der Waals surface area contributed by atoms with E-state index in [0.717, 1.165) is 17.8 Å². The number of aromatic nitrogens is 2. The van der Waals surface area contributed by atoms with Gasteiger partial charge in [0.2, 0.25) is 5.91 Å². The van der Waals surface area contributed by atoms with Crippen LogP contribution in [0.5, 0.6) is 0 Å². The minimum absolute atomic E-state index is 0.0217. The van der Waals surface area contributed by atoms with E-state index in [1.165, 1.54) is 12.1 Å². The monoisotopic (exact) mass is 407 g/mol. The zero-order chi connectivity index (χ0) is 20.0. The van der Waals surface area contributed by atoms with Crippen LogP contribution in [-0.2, 0) is 28.9 Å². The first-order valence-corrected chi connectivity index (χ1v) is 9.86. The number of carbonyl (C=O) groups is 1. The second-order valence-corrected chi connectivity index (χ2v) is 8.04. The van der Waals surface area contributed by atoms with Crippen LogP contribution >= 0.6 is 12.2 Å². The number of carbonyl (C=O) groups excluding carboxylic acids is 1. The predicted molar refractivity (Wildman–Crippen MR) is 103 cm³/mol. The summed E-state index contributed by atoms with van der Waals surface area (Å²) >= 11 is 5.39. The molecule has 2 atom stereocenters. The fourth-order valence-corrected chi connectivity index (χ4v) is 4.51. The molecule has 0 saturated carbocycles. The number of hydrogen-bond acceptors (Lipinski definition) is 3. The predicted octanol–water partition coefficient (Wildman–Crippen LogP) is 3.26. The molecule has 1 amide bonds. The maximum absolute atomic E-state index is 14.6. The van der Waals surface area contributed by atoms with Gasteiger partial charge in [0.1, 0.15) is 11.6 Å². The van der Waals surface area contributed by atoms with E-state index in [9.17, 15) is 13.6 Å². The van der Waals surface area contributed by atoms with Gasteiger partial charge in [-0.2, -0.15) is 0 Å². The lowest BCUT2D eigenvalue weighted by molar-refractivity contribution is -0.131. The fraction of sp³-hybridized carbons (Fsp3) is 0.500. The Morgan fingerprint density at radius 1 is 1.43 bits per heavy atom. The molecule has 0 radical (unpaired) electrons. The van der Waals surface area contributed by atoms with Crippen molar-refractivity contribution in [1.82, 2.24) is 14.5 Å². The highest BCUT2D eigenvalue weighted by Crippen LogP contribution is 2.35. The number of benzene rings is 1. The maximum atomic E-state index is 14.6. The van der Waals surface area contributed by atoms with Gasteiger partial charge in [0, 0.05) is 43.1 Å². The van der Waals surface area contributed by atoms with E-state index in [4.69, 9.17) is 17.0 Å². The molecule has 8 heteroatoms. The number of hydrogen-bond donors (Lipinski definition) is 1. The number of rotatable bonds is 4. The number of likely N-dealkylation sites (N-methyl/N-ethyl adjacent to an activating group) is 1. The van der Waals surface area contributed by atoms with Crippen LogP contribution in [0.3, 0.4) is 0 Å². The van der Waals surface area contributed by atoms with Crippen molar-refractivity contribution >= 4 is 18.1 Å². The Hall–Kier alpha value is -2.06. The second kappa shape index (κ2) is 7.40. The molecule has 2 aliphatic rings. The molecular formula is C20H23F2N3O2S. The van der Waals surface area contributed by atoms with E-state index in [2.05, 4.69) is 4.98 Å². The largest absolute Gasteiger partial charge is 0.379 e. The summed E-state index contributed by atoms with van der Waals surface area (Å²) in [7, 11) is 1.78. The first kappa shape index (κ1) is 19.3. The normalized spacial score (nSPS) is 21.1. The molecule has 28 heavy (non-hydrogen) atoms. The Bertz CT molecular complexity index is 979. The third-order valence-electron chi connectivity index (χ3n) is 5.92. The third-order valence-corrected chi connectivity index (χ3v) is 6.24. The van der Waals surface area contributed by atoms with Crippen molar-refractivity contribution in [1.29, 1.82) is 0 Å². The number of amides is 1. The summed E-state index contributed by atoms with van der Waals surface area (Å²) < 4.78 is 36.6. The average molecular weight is 407 g/mol. The van der Waals surface area contributed by atoms with Crippen molar-refractivity contribution in [2.75, 3.05) is 20.3 Å². The number of nitrogens with one attached hydrogen (secondary N) is 1. The van der Waals surface area contributed by atoms with Crippen molar-refractivity contribution < 1.29 is 18.3 Å². The number of imidazole rings is 1. The molecule has 5 nitrogen and oxygen atoms in total. The SMILES string of the molecule is Cc1ccc(F)c([C@H]2Cc3c(CC(=O)N(C)C4CCOC4)[nH]c(=S)n3C2)c1F. The number of ether oxygens (including phenoxy) is 1. The molecule has 0 aliphatic carbocycles. The van der Waals surface area contributed by atoms with Crippen molar-refractivity contribution in [3.05, 3.63) is 51.1 Å². The van der Waals surface area contributed by atoms with E-state index in [0.29, 0.717) is 36.5 Å². The molecule has 2 aromatic rings. The van der Waals surface area contributed by atoms with Crippen LogP contribution in [0.15, 0.2) is 12.1 Å². The van der Waals surface area contributed by atoms with E-state index < -0.39 is 11.6 Å². The summed E-state index contributed by atoms with van der Waals surface area (Å²) in [5.74, 6) is -1.39. The number of halogens is 2. The quantitative estimate of drug-likeness (QED) is 0.792. The van der Waals surface area contributed by atoms with Gasteiger partial charge in [0.05, 0.1) is 19.1 Å². The second-order valence-electron chi connectivity index (χ2n) is 7.66.